The van der Waals surface area contributed by atoms with Gasteiger partial charge in [0.1, 0.15) is 11.5 Å². The number of halogens is 4. The van der Waals surface area contributed by atoms with E-state index in [1.807, 2.05) is 0 Å². The van der Waals surface area contributed by atoms with Crippen molar-refractivity contribution in [3.63, 3.8) is 0 Å². The quantitative estimate of drug-likeness (QED) is 0.401. The number of piperidine rings is 1. The van der Waals surface area contributed by atoms with Crippen LogP contribution in [-0.2, 0) is 12.7 Å². The molecular weight excluding hydrogens is 521 g/mol. The van der Waals surface area contributed by atoms with Crippen molar-refractivity contribution in [1.82, 2.24) is 28.8 Å². The third-order valence-electron chi connectivity index (χ3n) is 7.11. The summed E-state index contributed by atoms with van der Waals surface area (Å²) in [4.78, 5) is 20.1. The van der Waals surface area contributed by atoms with Crippen LogP contribution in [0.1, 0.15) is 39.2 Å². The molecule has 0 saturated carbocycles. The van der Waals surface area contributed by atoms with Crippen molar-refractivity contribution in [3.05, 3.63) is 70.1 Å². The molecule has 1 aliphatic heterocycles. The van der Waals surface area contributed by atoms with Crippen LogP contribution < -0.4 is 5.56 Å². The lowest BCUT2D eigenvalue weighted by atomic mass is 9.88. The van der Waals surface area contributed by atoms with Crippen molar-refractivity contribution >= 4 is 22.6 Å². The summed E-state index contributed by atoms with van der Waals surface area (Å²) < 4.78 is 43.1. The molecule has 12 heteroatoms. The number of alkyl halides is 3. The molecule has 0 unspecified atom stereocenters. The van der Waals surface area contributed by atoms with Gasteiger partial charge in [0.25, 0.3) is 5.56 Å². The number of hydrogen-bond donors (Lipinski definition) is 1. The number of aliphatic hydroxyl groups is 1. The molecule has 38 heavy (non-hydrogen) atoms. The number of rotatable bonds is 4. The van der Waals surface area contributed by atoms with Crippen LogP contribution in [0.3, 0.4) is 0 Å². The minimum absolute atomic E-state index is 0.00757. The largest absolute Gasteiger partial charge is 0.419 e. The van der Waals surface area contributed by atoms with Gasteiger partial charge in [-0.15, -0.1) is 0 Å². The van der Waals surface area contributed by atoms with Gasteiger partial charge in [0.2, 0.25) is 0 Å². The highest BCUT2D eigenvalue weighted by Gasteiger charge is 2.36. The first kappa shape index (κ1) is 26.5. The Labute approximate surface area is 221 Å². The van der Waals surface area contributed by atoms with Crippen molar-refractivity contribution in [2.45, 2.75) is 57.5 Å². The number of nitrogens with zero attached hydrogens (tertiary/aromatic N) is 6. The van der Waals surface area contributed by atoms with Gasteiger partial charge in [0, 0.05) is 24.8 Å². The summed E-state index contributed by atoms with van der Waals surface area (Å²) in [5.41, 5.74) is -1.02. The van der Waals surface area contributed by atoms with Gasteiger partial charge >= 0.3 is 6.18 Å². The Hall–Kier alpha value is -3.15. The van der Waals surface area contributed by atoms with Crippen LogP contribution in [0.5, 0.6) is 0 Å². The van der Waals surface area contributed by atoms with Crippen LogP contribution in [-0.4, -0.2) is 58.1 Å². The predicted octanol–water partition coefficient (Wildman–Crippen LogP) is 4.67. The predicted molar refractivity (Wildman–Crippen MR) is 138 cm³/mol. The molecule has 4 heterocycles. The fraction of sp³-hybridized carbons (Fsp3) is 0.423. The number of likely N-dealkylation sites (tertiary alicyclic amines) is 1. The molecule has 5 rings (SSSR count). The number of fused-ring (bicyclic) bond motifs is 1. The highest BCUT2D eigenvalue weighted by Crippen LogP contribution is 2.31. The van der Waals surface area contributed by atoms with Crippen molar-refractivity contribution < 1.29 is 18.3 Å². The summed E-state index contributed by atoms with van der Waals surface area (Å²) in [5.74, 6) is 0. The molecule has 0 atom stereocenters. The van der Waals surface area contributed by atoms with Crippen molar-refractivity contribution in [1.29, 1.82) is 0 Å². The summed E-state index contributed by atoms with van der Waals surface area (Å²) in [6, 6.07) is 8.10. The van der Waals surface area contributed by atoms with Crippen LogP contribution in [0.4, 0.5) is 13.2 Å². The first-order valence-corrected chi connectivity index (χ1v) is 12.6. The normalized spacial score (nSPS) is 16.8. The molecular formula is C26H28ClF3N6O2. The van der Waals surface area contributed by atoms with Crippen molar-refractivity contribution in [2.24, 2.45) is 0 Å². The van der Waals surface area contributed by atoms with Gasteiger partial charge in [0.15, 0.2) is 5.65 Å². The zero-order valence-corrected chi connectivity index (χ0v) is 22.0. The molecule has 1 N–H and O–H groups in total. The second-order valence-corrected chi connectivity index (χ2v) is 11.2. The summed E-state index contributed by atoms with van der Waals surface area (Å²) in [5, 5.41) is 15.5. The maximum absolute atomic E-state index is 13.4. The number of benzene rings is 1. The maximum Gasteiger partial charge on any atom is 0.419 e. The molecule has 0 spiro atoms. The smallest absolute Gasteiger partial charge is 0.388 e. The molecule has 0 amide bonds. The fourth-order valence-electron chi connectivity index (χ4n) is 4.90. The number of hydrogen-bond acceptors (Lipinski definition) is 5. The number of aromatic nitrogens is 5. The minimum Gasteiger partial charge on any atom is -0.388 e. The molecule has 1 saturated heterocycles. The lowest BCUT2D eigenvalue weighted by Crippen LogP contribution is -2.53. The van der Waals surface area contributed by atoms with Crippen LogP contribution in [0.25, 0.3) is 22.4 Å². The zero-order chi connectivity index (χ0) is 27.5. The van der Waals surface area contributed by atoms with Gasteiger partial charge in [-0.3, -0.25) is 18.8 Å². The van der Waals surface area contributed by atoms with Crippen molar-refractivity contribution in [2.75, 3.05) is 13.1 Å². The van der Waals surface area contributed by atoms with Gasteiger partial charge < -0.3 is 5.11 Å². The molecule has 202 valence electrons. The van der Waals surface area contributed by atoms with E-state index in [0.717, 1.165) is 30.2 Å². The van der Waals surface area contributed by atoms with E-state index in [1.165, 1.54) is 17.0 Å². The lowest BCUT2D eigenvalue weighted by Gasteiger charge is -2.44. The van der Waals surface area contributed by atoms with Crippen molar-refractivity contribution in [3.8, 4) is 11.4 Å². The van der Waals surface area contributed by atoms with E-state index in [2.05, 4.69) is 35.8 Å². The molecule has 0 aliphatic carbocycles. The van der Waals surface area contributed by atoms with E-state index in [-0.39, 0.29) is 28.2 Å². The highest BCUT2D eigenvalue weighted by atomic mass is 35.5. The Balaban J connectivity index is 1.45. The fourth-order valence-corrected chi connectivity index (χ4v) is 5.18. The monoisotopic (exact) mass is 548 g/mol. The highest BCUT2D eigenvalue weighted by molar-refractivity contribution is 6.31. The van der Waals surface area contributed by atoms with Gasteiger partial charge in [-0.25, -0.2) is 9.67 Å². The maximum atomic E-state index is 13.4. The molecule has 3 aromatic heterocycles. The topological polar surface area (TPSA) is 81.1 Å². The summed E-state index contributed by atoms with van der Waals surface area (Å²) in [6.07, 6.45) is -0.369. The molecule has 8 nitrogen and oxygen atoms in total. The van der Waals surface area contributed by atoms with Gasteiger partial charge in [0.05, 0.1) is 40.7 Å². The zero-order valence-electron chi connectivity index (χ0n) is 21.2. The second kappa shape index (κ2) is 9.25. The Morgan fingerprint density at radius 3 is 2.42 bits per heavy atom. The van der Waals surface area contributed by atoms with E-state index in [9.17, 15) is 23.1 Å². The standard InChI is InChI=1S/C26H28ClF3N6O2/c1-24(2,3)34-9-7-25(38,8-10-34)15-33-16-31-22-20(23(33)37)12-21(27)36(22)19-6-4-5-18(11-19)35-14-17(13-32-35)26(28,29)30/h4-6,11-14,16,38H,7-10,15H2,1-3H3. The van der Waals surface area contributed by atoms with E-state index in [1.54, 1.807) is 28.8 Å². The Bertz CT molecular complexity index is 1540. The van der Waals surface area contributed by atoms with E-state index in [4.69, 9.17) is 11.6 Å². The summed E-state index contributed by atoms with van der Waals surface area (Å²) in [6.45, 7) is 7.98. The third kappa shape index (κ3) is 4.97. The molecule has 1 fully saturated rings. The van der Waals surface area contributed by atoms with E-state index >= 15 is 0 Å². The van der Waals surface area contributed by atoms with E-state index in [0.29, 0.717) is 29.9 Å². The van der Waals surface area contributed by atoms with Gasteiger partial charge in [-0.05, 0) is 57.9 Å². The van der Waals surface area contributed by atoms with Crippen LogP contribution in [0, 0.1) is 0 Å². The molecule has 4 aromatic rings. The molecule has 0 radical (unpaired) electrons. The SMILES string of the molecule is CC(C)(C)N1CCC(O)(Cn2cnc3c(cc(Cl)n3-c3cccc(-n4cc(C(F)(F)F)cn4)c3)c2=O)CC1. The first-order valence-electron chi connectivity index (χ1n) is 12.2. The van der Waals surface area contributed by atoms with Gasteiger partial charge in [-0.1, -0.05) is 17.7 Å². The molecule has 1 aromatic carbocycles. The summed E-state index contributed by atoms with van der Waals surface area (Å²) in [7, 11) is 0. The average Bonchev–Trinajstić information content (AvgIpc) is 3.46. The van der Waals surface area contributed by atoms with Crippen LogP contribution in [0.2, 0.25) is 5.15 Å². The lowest BCUT2D eigenvalue weighted by molar-refractivity contribution is -0.137. The Kier molecular flexibility index (Phi) is 6.44. The molecule has 0 bridgehead atoms. The average molecular weight is 549 g/mol. The van der Waals surface area contributed by atoms with Crippen LogP contribution in [0.15, 0.2) is 53.8 Å². The van der Waals surface area contributed by atoms with Gasteiger partial charge in [-0.2, -0.15) is 18.3 Å². The Morgan fingerprint density at radius 2 is 1.79 bits per heavy atom. The summed E-state index contributed by atoms with van der Waals surface area (Å²) >= 11 is 6.52. The minimum atomic E-state index is -4.50. The third-order valence-corrected chi connectivity index (χ3v) is 7.39. The Morgan fingerprint density at radius 1 is 1.11 bits per heavy atom. The van der Waals surface area contributed by atoms with Crippen LogP contribution >= 0.6 is 11.6 Å². The first-order chi connectivity index (χ1) is 17.7. The van der Waals surface area contributed by atoms with E-state index < -0.39 is 17.3 Å². The second-order valence-electron chi connectivity index (χ2n) is 10.8. The molecule has 1 aliphatic rings.